The molecule has 3 amide bonds. The molecule has 2 N–H and O–H groups in total. The van der Waals surface area contributed by atoms with E-state index in [1.54, 1.807) is 11.3 Å². The molecule has 0 unspecified atom stereocenters. The Labute approximate surface area is 151 Å². The number of aryl methyl sites for hydroxylation is 3. The van der Waals surface area contributed by atoms with Crippen LogP contribution >= 0.6 is 11.3 Å². The predicted molar refractivity (Wildman–Crippen MR) is 100 cm³/mol. The molecule has 3 rings (SSSR count). The Bertz CT molecular complexity index is 796. The van der Waals surface area contributed by atoms with E-state index in [0.717, 1.165) is 34.9 Å². The number of benzene rings is 1. The van der Waals surface area contributed by atoms with Gasteiger partial charge in [-0.25, -0.2) is 9.78 Å². The first-order chi connectivity index (χ1) is 11.9. The first kappa shape index (κ1) is 17.4. The summed E-state index contributed by atoms with van der Waals surface area (Å²) in [5.74, 6) is 0.163. The summed E-state index contributed by atoms with van der Waals surface area (Å²) >= 11 is 1.59. The maximum absolute atomic E-state index is 12.1. The lowest BCUT2D eigenvalue weighted by Crippen LogP contribution is -2.28. The number of amides is 3. The van der Waals surface area contributed by atoms with Gasteiger partial charge in [0.2, 0.25) is 5.91 Å². The van der Waals surface area contributed by atoms with E-state index in [2.05, 4.69) is 15.6 Å². The number of urea groups is 1. The molecule has 0 saturated carbocycles. The second-order valence-electron chi connectivity index (χ2n) is 6.21. The lowest BCUT2D eigenvalue weighted by Gasteiger charge is -2.19. The van der Waals surface area contributed by atoms with E-state index < -0.39 is 0 Å². The van der Waals surface area contributed by atoms with Crippen molar-refractivity contribution < 1.29 is 9.59 Å². The van der Waals surface area contributed by atoms with Crippen LogP contribution in [-0.4, -0.2) is 23.5 Å². The van der Waals surface area contributed by atoms with Crippen LogP contribution in [0.5, 0.6) is 0 Å². The lowest BCUT2D eigenvalue weighted by molar-refractivity contribution is -0.117. The van der Waals surface area contributed by atoms with Crippen molar-refractivity contribution in [1.82, 2.24) is 10.3 Å². The van der Waals surface area contributed by atoms with Crippen molar-refractivity contribution in [2.75, 3.05) is 16.8 Å². The molecule has 25 heavy (non-hydrogen) atoms. The van der Waals surface area contributed by atoms with Gasteiger partial charge in [-0.05, 0) is 51.0 Å². The van der Waals surface area contributed by atoms with Crippen LogP contribution in [-0.2, 0) is 11.3 Å². The minimum Gasteiger partial charge on any atom is -0.331 e. The van der Waals surface area contributed by atoms with Crippen LogP contribution < -0.4 is 15.5 Å². The maximum Gasteiger partial charge on any atom is 0.319 e. The predicted octanol–water partition coefficient (Wildman–Crippen LogP) is 3.52. The molecule has 1 fully saturated rings. The summed E-state index contributed by atoms with van der Waals surface area (Å²) in [6.07, 6.45) is 1.51. The number of carbonyl (C=O) groups excluding carboxylic acids is 2. The summed E-state index contributed by atoms with van der Waals surface area (Å²) in [7, 11) is 0. The Kier molecular flexibility index (Phi) is 5.03. The van der Waals surface area contributed by atoms with Gasteiger partial charge in [0, 0.05) is 29.2 Å². The number of nitrogens with zero attached hydrogens (tertiary/aromatic N) is 2. The van der Waals surface area contributed by atoms with Crippen LogP contribution in [0.25, 0.3) is 0 Å². The number of thiazole rings is 1. The average Bonchev–Trinajstić information content (AvgIpc) is 3.12. The van der Waals surface area contributed by atoms with Crippen LogP contribution in [0.1, 0.15) is 34.0 Å². The fourth-order valence-corrected chi connectivity index (χ4v) is 3.76. The van der Waals surface area contributed by atoms with Gasteiger partial charge in [-0.1, -0.05) is 0 Å². The molecule has 1 saturated heterocycles. The van der Waals surface area contributed by atoms with Gasteiger partial charge >= 0.3 is 6.03 Å². The molecule has 1 aliphatic heterocycles. The smallest absolute Gasteiger partial charge is 0.319 e. The SMILES string of the molecule is Cc1cc(NC(=O)NCc2nc(C)c(C)s2)ccc1N1CCCC1=O. The third kappa shape index (κ3) is 3.99. The summed E-state index contributed by atoms with van der Waals surface area (Å²) in [6.45, 7) is 7.10. The molecule has 1 aromatic heterocycles. The Morgan fingerprint density at radius 2 is 2.12 bits per heavy atom. The molecule has 0 radical (unpaired) electrons. The number of hydrogen-bond donors (Lipinski definition) is 2. The normalized spacial score (nSPS) is 14.0. The van der Waals surface area contributed by atoms with E-state index in [-0.39, 0.29) is 11.9 Å². The average molecular weight is 358 g/mol. The second kappa shape index (κ2) is 7.23. The van der Waals surface area contributed by atoms with Crippen molar-refractivity contribution in [3.05, 3.63) is 39.3 Å². The second-order valence-corrected chi connectivity index (χ2v) is 7.49. The van der Waals surface area contributed by atoms with Gasteiger partial charge in [0.05, 0.1) is 12.2 Å². The number of nitrogens with one attached hydrogen (secondary N) is 2. The largest absolute Gasteiger partial charge is 0.331 e. The third-order valence-electron chi connectivity index (χ3n) is 4.29. The van der Waals surface area contributed by atoms with Crippen molar-refractivity contribution in [2.24, 2.45) is 0 Å². The highest BCUT2D eigenvalue weighted by atomic mass is 32.1. The van der Waals surface area contributed by atoms with Gasteiger partial charge in [-0.15, -0.1) is 11.3 Å². The molecule has 0 spiro atoms. The quantitative estimate of drug-likeness (QED) is 0.878. The van der Waals surface area contributed by atoms with Gasteiger partial charge in [-0.3, -0.25) is 4.79 Å². The zero-order chi connectivity index (χ0) is 18.0. The van der Waals surface area contributed by atoms with Crippen LogP contribution in [0.4, 0.5) is 16.2 Å². The summed E-state index contributed by atoms with van der Waals surface area (Å²) < 4.78 is 0. The van der Waals surface area contributed by atoms with Gasteiger partial charge in [0.15, 0.2) is 0 Å². The molecular weight excluding hydrogens is 336 g/mol. The van der Waals surface area contributed by atoms with E-state index in [1.807, 2.05) is 43.9 Å². The lowest BCUT2D eigenvalue weighted by atomic mass is 10.1. The topological polar surface area (TPSA) is 74.3 Å². The van der Waals surface area contributed by atoms with Crippen molar-refractivity contribution in [3.63, 3.8) is 0 Å². The fraction of sp³-hybridized carbons (Fsp3) is 0.389. The standard InChI is InChI=1S/C18H22N4O2S/c1-11-9-14(6-7-15(11)22-8-4-5-17(22)23)21-18(24)19-10-16-20-12(2)13(3)25-16/h6-7,9H,4-5,8,10H2,1-3H3,(H2,19,21,24). The Balaban J connectivity index is 1.59. The molecule has 7 heteroatoms. The molecule has 1 aromatic carbocycles. The molecule has 2 heterocycles. The summed E-state index contributed by atoms with van der Waals surface area (Å²) in [4.78, 5) is 31.3. The van der Waals surface area contributed by atoms with Crippen molar-refractivity contribution in [3.8, 4) is 0 Å². The van der Waals surface area contributed by atoms with Crippen molar-refractivity contribution >= 4 is 34.6 Å². The molecular formula is C18H22N4O2S. The molecule has 0 atom stereocenters. The minimum absolute atomic E-state index is 0.163. The first-order valence-electron chi connectivity index (χ1n) is 8.33. The molecule has 2 aromatic rings. The zero-order valence-electron chi connectivity index (χ0n) is 14.7. The van der Waals surface area contributed by atoms with Crippen LogP contribution in [0, 0.1) is 20.8 Å². The van der Waals surface area contributed by atoms with Gasteiger partial charge in [-0.2, -0.15) is 0 Å². The summed E-state index contributed by atoms with van der Waals surface area (Å²) in [6, 6.07) is 5.33. The first-order valence-corrected chi connectivity index (χ1v) is 9.14. The van der Waals surface area contributed by atoms with Gasteiger partial charge in [0.1, 0.15) is 5.01 Å². The van der Waals surface area contributed by atoms with Crippen LogP contribution in [0.3, 0.4) is 0 Å². The van der Waals surface area contributed by atoms with Crippen LogP contribution in [0.2, 0.25) is 0 Å². The van der Waals surface area contributed by atoms with E-state index in [0.29, 0.717) is 18.7 Å². The van der Waals surface area contributed by atoms with Crippen molar-refractivity contribution in [2.45, 2.75) is 40.2 Å². The molecule has 1 aliphatic rings. The van der Waals surface area contributed by atoms with Crippen LogP contribution in [0.15, 0.2) is 18.2 Å². The molecule has 132 valence electrons. The Morgan fingerprint density at radius 1 is 1.32 bits per heavy atom. The van der Waals surface area contributed by atoms with E-state index in [9.17, 15) is 9.59 Å². The Hall–Kier alpha value is -2.41. The highest BCUT2D eigenvalue weighted by molar-refractivity contribution is 7.11. The van der Waals surface area contributed by atoms with E-state index in [4.69, 9.17) is 0 Å². The zero-order valence-corrected chi connectivity index (χ0v) is 15.5. The summed E-state index contributed by atoms with van der Waals surface area (Å²) in [5.41, 5.74) is 3.60. The number of hydrogen-bond acceptors (Lipinski definition) is 4. The Morgan fingerprint density at radius 3 is 2.72 bits per heavy atom. The van der Waals surface area contributed by atoms with E-state index in [1.165, 1.54) is 4.88 Å². The van der Waals surface area contributed by atoms with Gasteiger partial charge in [0.25, 0.3) is 0 Å². The molecule has 0 bridgehead atoms. The highest BCUT2D eigenvalue weighted by Gasteiger charge is 2.23. The number of anilines is 2. The fourth-order valence-electron chi connectivity index (χ4n) is 2.88. The maximum atomic E-state index is 12.1. The number of rotatable bonds is 4. The van der Waals surface area contributed by atoms with Crippen molar-refractivity contribution in [1.29, 1.82) is 0 Å². The molecule has 0 aliphatic carbocycles. The third-order valence-corrected chi connectivity index (χ3v) is 5.36. The highest BCUT2D eigenvalue weighted by Crippen LogP contribution is 2.27. The van der Waals surface area contributed by atoms with Gasteiger partial charge < -0.3 is 15.5 Å². The van der Waals surface area contributed by atoms with E-state index >= 15 is 0 Å². The number of aromatic nitrogens is 1. The minimum atomic E-state index is -0.269. The monoisotopic (exact) mass is 358 g/mol. The number of carbonyl (C=O) groups is 2. The molecule has 6 nitrogen and oxygen atoms in total. The summed E-state index contributed by atoms with van der Waals surface area (Å²) in [5, 5.41) is 6.54.